The Balaban J connectivity index is 1.24. The smallest absolute Gasteiger partial charge is 0.416 e. The van der Waals surface area contributed by atoms with Crippen molar-refractivity contribution in [3.63, 3.8) is 0 Å². The van der Waals surface area contributed by atoms with Gasteiger partial charge in [0, 0.05) is 60.4 Å². The molecule has 1 aliphatic heterocycles. The van der Waals surface area contributed by atoms with Gasteiger partial charge in [0.25, 0.3) is 0 Å². The number of carbonyl (C=O) groups excluding carboxylic acids is 2. The van der Waals surface area contributed by atoms with E-state index >= 15 is 0 Å². The molecule has 1 saturated heterocycles. The molecule has 0 aliphatic carbocycles. The summed E-state index contributed by atoms with van der Waals surface area (Å²) in [6, 6.07) is 20.8. The summed E-state index contributed by atoms with van der Waals surface area (Å²) in [5, 5.41) is 3.68. The van der Waals surface area contributed by atoms with E-state index in [2.05, 4.69) is 10.2 Å². The van der Waals surface area contributed by atoms with Gasteiger partial charge >= 0.3 is 18.2 Å². The third kappa shape index (κ3) is 10.2. The molecule has 5 rings (SSSR count). The lowest BCUT2D eigenvalue weighted by Gasteiger charge is -2.34. The zero-order chi connectivity index (χ0) is 35.7. The van der Waals surface area contributed by atoms with Crippen LogP contribution in [0.3, 0.4) is 0 Å². The lowest BCUT2D eigenvalue weighted by molar-refractivity contribution is -0.150. The number of hydrogen-bond acceptors (Lipinski definition) is 8. The van der Waals surface area contributed by atoms with Gasteiger partial charge in [-0.3, -0.25) is 4.90 Å². The Morgan fingerprint density at radius 2 is 1.74 bits per heavy atom. The van der Waals surface area contributed by atoms with Crippen molar-refractivity contribution in [2.24, 2.45) is 0 Å². The summed E-state index contributed by atoms with van der Waals surface area (Å²) in [6.45, 7) is 9.25. The minimum atomic E-state index is -4.41. The van der Waals surface area contributed by atoms with Gasteiger partial charge in [-0.25, -0.2) is 14.6 Å². The molecule has 1 atom stereocenters. The summed E-state index contributed by atoms with van der Waals surface area (Å²) in [5.41, 5.74) is 2.86. The summed E-state index contributed by atoms with van der Waals surface area (Å²) in [7, 11) is 0. The van der Waals surface area contributed by atoms with Crippen LogP contribution in [-0.4, -0.2) is 72.2 Å². The van der Waals surface area contributed by atoms with E-state index in [4.69, 9.17) is 14.5 Å². The molecule has 2 amide bonds. The van der Waals surface area contributed by atoms with Crippen LogP contribution >= 0.6 is 23.1 Å². The fourth-order valence-corrected chi connectivity index (χ4v) is 7.60. The number of urea groups is 1. The maximum absolute atomic E-state index is 13.2. The van der Waals surface area contributed by atoms with Crippen molar-refractivity contribution in [2.45, 2.75) is 56.7 Å². The average Bonchev–Trinajstić information content (AvgIpc) is 3.51. The summed E-state index contributed by atoms with van der Waals surface area (Å²) in [4.78, 5) is 35.9. The normalized spacial score (nSPS) is 14.3. The molecule has 0 spiro atoms. The third-order valence-electron chi connectivity index (χ3n) is 8.24. The van der Waals surface area contributed by atoms with E-state index < -0.39 is 23.8 Å². The van der Waals surface area contributed by atoms with Crippen LogP contribution in [0.4, 0.5) is 18.0 Å². The summed E-state index contributed by atoms with van der Waals surface area (Å²) in [5.74, 6) is 0.786. The van der Waals surface area contributed by atoms with E-state index in [0.717, 1.165) is 39.6 Å². The Morgan fingerprint density at radius 1 is 1.02 bits per heavy atom. The maximum Gasteiger partial charge on any atom is 0.416 e. The SMILES string of the molecule is CCOC(=O)C(C)Oc1ccc(SCc2sc(-c3ccc(C(F)(F)F)cc3)nc2CN2CCN(C(=O)NCCc3ccccc3)CC2)cc1C. The Morgan fingerprint density at radius 3 is 2.40 bits per heavy atom. The zero-order valence-electron chi connectivity index (χ0n) is 28.3. The number of amides is 2. The number of rotatable bonds is 13. The van der Waals surface area contributed by atoms with Gasteiger partial charge in [-0.15, -0.1) is 23.1 Å². The third-order valence-corrected chi connectivity index (χ3v) is 10.6. The number of ether oxygens (including phenoxy) is 2. The van der Waals surface area contributed by atoms with E-state index in [9.17, 15) is 22.8 Å². The van der Waals surface area contributed by atoms with E-state index in [1.165, 1.54) is 29.0 Å². The number of thioether (sulfide) groups is 1. The van der Waals surface area contributed by atoms with Crippen LogP contribution in [-0.2, 0) is 34.4 Å². The van der Waals surface area contributed by atoms with Gasteiger partial charge in [-0.1, -0.05) is 42.5 Å². The molecule has 1 N–H and O–H groups in total. The number of piperazine rings is 1. The first-order chi connectivity index (χ1) is 24.0. The number of carbonyl (C=O) groups is 2. The maximum atomic E-state index is 13.2. The van der Waals surface area contributed by atoms with Crippen molar-refractivity contribution < 1.29 is 32.2 Å². The predicted octanol–water partition coefficient (Wildman–Crippen LogP) is 7.83. The van der Waals surface area contributed by atoms with Crippen LogP contribution in [0, 0.1) is 6.92 Å². The standard InChI is InChI=1S/C37H41F3N4O4S2/c1-4-47-35(45)26(3)48-32-15-14-30(22-25(32)2)49-24-33-31(42-34(50-33)28-10-12-29(13-11-28)37(38,39)40)23-43-18-20-44(21-19-43)36(46)41-17-16-27-8-6-5-7-9-27/h5-15,22,26H,4,16-21,23-24H2,1-3H3,(H,41,46). The number of benzene rings is 3. The predicted molar refractivity (Wildman–Crippen MR) is 190 cm³/mol. The second-order valence-corrected chi connectivity index (χ2v) is 14.1. The molecule has 1 unspecified atom stereocenters. The Bertz CT molecular complexity index is 1730. The van der Waals surface area contributed by atoms with E-state index in [1.807, 2.05) is 60.4 Å². The number of nitrogens with one attached hydrogen (secondary N) is 1. The number of aromatic nitrogens is 1. The highest BCUT2D eigenvalue weighted by molar-refractivity contribution is 7.98. The molecule has 4 aromatic rings. The first-order valence-electron chi connectivity index (χ1n) is 16.5. The molecule has 266 valence electrons. The van der Waals surface area contributed by atoms with Crippen molar-refractivity contribution in [3.8, 4) is 16.3 Å². The molecule has 0 radical (unpaired) electrons. The molecular weight excluding hydrogens is 686 g/mol. The number of nitrogens with zero attached hydrogens (tertiary/aromatic N) is 3. The molecule has 8 nitrogen and oxygen atoms in total. The van der Waals surface area contributed by atoms with Crippen LogP contribution in [0.15, 0.2) is 77.7 Å². The lowest BCUT2D eigenvalue weighted by atomic mass is 10.1. The van der Waals surface area contributed by atoms with Crippen LogP contribution in [0.5, 0.6) is 5.75 Å². The van der Waals surface area contributed by atoms with Crippen molar-refractivity contribution >= 4 is 35.1 Å². The fourth-order valence-electron chi connectivity index (χ4n) is 5.43. The average molecular weight is 727 g/mol. The van der Waals surface area contributed by atoms with Gasteiger partial charge in [-0.2, -0.15) is 13.2 Å². The van der Waals surface area contributed by atoms with E-state index in [1.54, 1.807) is 25.6 Å². The first kappa shape index (κ1) is 37.2. The highest BCUT2D eigenvalue weighted by Crippen LogP contribution is 2.36. The highest BCUT2D eigenvalue weighted by atomic mass is 32.2. The van der Waals surface area contributed by atoms with Crippen molar-refractivity contribution in [3.05, 3.63) is 100 Å². The van der Waals surface area contributed by atoms with Gasteiger partial charge < -0.3 is 19.7 Å². The number of aryl methyl sites for hydroxylation is 1. The largest absolute Gasteiger partial charge is 0.479 e. The number of esters is 1. The molecule has 2 heterocycles. The lowest BCUT2D eigenvalue weighted by Crippen LogP contribution is -2.51. The Kier molecular flexibility index (Phi) is 12.8. The summed E-state index contributed by atoms with van der Waals surface area (Å²) in [6.07, 6.45) is -4.37. The quantitative estimate of drug-likeness (QED) is 0.111. The van der Waals surface area contributed by atoms with Gasteiger partial charge in [0.15, 0.2) is 6.10 Å². The molecule has 3 aromatic carbocycles. The summed E-state index contributed by atoms with van der Waals surface area (Å²) < 4.78 is 50.5. The minimum absolute atomic E-state index is 0.0713. The number of hydrogen-bond donors (Lipinski definition) is 1. The van der Waals surface area contributed by atoms with E-state index in [0.29, 0.717) is 61.3 Å². The van der Waals surface area contributed by atoms with Crippen LogP contribution in [0.25, 0.3) is 10.6 Å². The van der Waals surface area contributed by atoms with Gasteiger partial charge in [0.2, 0.25) is 0 Å². The van der Waals surface area contributed by atoms with Crippen molar-refractivity contribution in [1.29, 1.82) is 0 Å². The number of alkyl halides is 3. The van der Waals surface area contributed by atoms with Crippen molar-refractivity contribution in [2.75, 3.05) is 39.3 Å². The van der Waals surface area contributed by atoms with Crippen molar-refractivity contribution in [1.82, 2.24) is 20.1 Å². The molecule has 0 saturated carbocycles. The molecular formula is C37H41F3N4O4S2. The zero-order valence-corrected chi connectivity index (χ0v) is 29.9. The highest BCUT2D eigenvalue weighted by Gasteiger charge is 2.30. The topological polar surface area (TPSA) is 84.0 Å². The van der Waals surface area contributed by atoms with Gasteiger partial charge in [0.1, 0.15) is 10.8 Å². The molecule has 1 aliphatic rings. The van der Waals surface area contributed by atoms with Crippen LogP contribution in [0.2, 0.25) is 0 Å². The van der Waals surface area contributed by atoms with Crippen LogP contribution in [0.1, 0.15) is 41.1 Å². The first-order valence-corrected chi connectivity index (χ1v) is 18.3. The van der Waals surface area contributed by atoms with Crippen LogP contribution < -0.4 is 10.1 Å². The molecule has 13 heteroatoms. The molecule has 50 heavy (non-hydrogen) atoms. The Hall–Kier alpha value is -4.07. The van der Waals surface area contributed by atoms with Gasteiger partial charge in [-0.05, 0) is 68.7 Å². The minimum Gasteiger partial charge on any atom is -0.479 e. The van der Waals surface area contributed by atoms with Gasteiger partial charge in [0.05, 0.1) is 17.9 Å². The fraction of sp³-hybridized carbons (Fsp3) is 0.378. The Labute approximate surface area is 299 Å². The second-order valence-electron chi connectivity index (χ2n) is 11.9. The monoisotopic (exact) mass is 726 g/mol. The number of halogens is 3. The second kappa shape index (κ2) is 17.2. The van der Waals surface area contributed by atoms with E-state index in [-0.39, 0.29) is 12.6 Å². The summed E-state index contributed by atoms with van der Waals surface area (Å²) >= 11 is 3.10. The number of thiazole rings is 1. The molecule has 0 bridgehead atoms. The molecule has 1 aromatic heterocycles. The molecule has 1 fully saturated rings.